The van der Waals surface area contributed by atoms with Gasteiger partial charge < -0.3 is 20.1 Å². The van der Waals surface area contributed by atoms with Crippen molar-refractivity contribution in [2.24, 2.45) is 0 Å². The van der Waals surface area contributed by atoms with E-state index in [1.54, 1.807) is 12.1 Å². The van der Waals surface area contributed by atoms with E-state index in [4.69, 9.17) is 8.92 Å². The molecule has 2 rings (SSSR count). The van der Waals surface area contributed by atoms with Crippen LogP contribution in [-0.2, 0) is 19.0 Å². The highest BCUT2D eigenvalue weighted by Gasteiger charge is 2.47. The summed E-state index contributed by atoms with van der Waals surface area (Å²) in [4.78, 5) is -0.0717. The van der Waals surface area contributed by atoms with Crippen LogP contribution in [0.5, 0.6) is 0 Å². The van der Waals surface area contributed by atoms with Gasteiger partial charge in [0.2, 0.25) is 0 Å². The molecule has 0 aliphatic carbocycles. The molecule has 5 atom stereocenters. The molecule has 1 aromatic carbocycles. The van der Waals surface area contributed by atoms with Crippen molar-refractivity contribution in [1.29, 1.82) is 0 Å². The van der Waals surface area contributed by atoms with E-state index in [9.17, 15) is 23.7 Å². The Bertz CT molecular complexity index is 660. The summed E-state index contributed by atoms with van der Waals surface area (Å²) < 4.78 is 35.6. The fourth-order valence-corrected chi connectivity index (χ4v) is 4.61. The summed E-state index contributed by atoms with van der Waals surface area (Å²) in [7, 11) is -4.19. The normalized spacial score (nSPS) is 30.6. The number of aliphatic hydroxyl groups is 3. The van der Waals surface area contributed by atoms with E-state index in [1.807, 2.05) is 20.8 Å². The van der Waals surface area contributed by atoms with E-state index in [0.29, 0.717) is 0 Å². The maximum Gasteiger partial charge on any atom is 0.297 e. The van der Waals surface area contributed by atoms with E-state index in [-0.39, 0.29) is 10.1 Å². The lowest BCUT2D eigenvalue weighted by atomic mass is 10.0. The topological polar surface area (TPSA) is 113 Å². The van der Waals surface area contributed by atoms with Gasteiger partial charge in [-0.25, -0.2) is 0 Å². The summed E-state index contributed by atoms with van der Waals surface area (Å²) in [6, 6.07) is 6.04. The molecule has 1 heterocycles. The smallest absolute Gasteiger partial charge is 0.297 e. The van der Waals surface area contributed by atoms with Gasteiger partial charge in [-0.15, -0.1) is 11.8 Å². The maximum absolute atomic E-state index is 12.5. The summed E-state index contributed by atoms with van der Waals surface area (Å²) in [6.07, 6.45) is -5.33. The van der Waals surface area contributed by atoms with Crippen molar-refractivity contribution in [2.45, 2.75) is 60.8 Å². The van der Waals surface area contributed by atoms with Crippen molar-refractivity contribution < 1.29 is 32.7 Å². The van der Waals surface area contributed by atoms with Crippen LogP contribution in [0.15, 0.2) is 29.2 Å². The second kappa shape index (κ2) is 8.34. The molecular weight excluding hydrogens is 368 g/mol. The second-order valence-corrected chi connectivity index (χ2v) is 9.47. The van der Waals surface area contributed by atoms with Crippen molar-refractivity contribution in [3.8, 4) is 0 Å². The Labute approximate surface area is 152 Å². The minimum absolute atomic E-state index is 0.0717. The predicted molar refractivity (Wildman–Crippen MR) is 93.7 cm³/mol. The van der Waals surface area contributed by atoms with Crippen molar-refractivity contribution in [3.05, 3.63) is 29.8 Å². The van der Waals surface area contributed by atoms with Crippen LogP contribution in [0.1, 0.15) is 19.4 Å². The van der Waals surface area contributed by atoms with Crippen LogP contribution in [-0.4, -0.2) is 65.4 Å². The standard InChI is InChI=1S/C16H24O7S2/c1-9(2)24-16-14(19)15(13(18)12(8-17)22-16)23-25(20,21)11-6-4-10(3)5-7-11/h4-7,9,12-19H,8H2,1-3H3/t12-,13+,14-,15+,16+/m1/s1. The van der Waals surface area contributed by atoms with Gasteiger partial charge in [0.25, 0.3) is 10.1 Å². The molecule has 142 valence electrons. The molecule has 25 heavy (non-hydrogen) atoms. The number of ether oxygens (including phenoxy) is 1. The Balaban J connectivity index is 2.25. The lowest BCUT2D eigenvalue weighted by Gasteiger charge is -2.41. The zero-order valence-corrected chi connectivity index (χ0v) is 15.9. The third-order valence-corrected chi connectivity index (χ3v) is 6.30. The summed E-state index contributed by atoms with van der Waals surface area (Å²) >= 11 is 1.26. The quantitative estimate of drug-likeness (QED) is 0.605. The summed E-state index contributed by atoms with van der Waals surface area (Å²) in [5.41, 5.74) is 0.0672. The Morgan fingerprint density at radius 1 is 1.20 bits per heavy atom. The molecule has 1 aliphatic rings. The number of rotatable bonds is 6. The SMILES string of the molecule is Cc1ccc(S(=O)(=O)O[C@H]2[C@@H](O)[C@@H](CO)O[C@@H](SC(C)C)[C@@H]2O)cc1. The maximum atomic E-state index is 12.5. The fourth-order valence-electron chi connectivity index (χ4n) is 2.45. The zero-order valence-electron chi connectivity index (χ0n) is 14.3. The van der Waals surface area contributed by atoms with Crippen molar-refractivity contribution in [3.63, 3.8) is 0 Å². The first-order chi connectivity index (χ1) is 11.7. The van der Waals surface area contributed by atoms with Gasteiger partial charge in [-0.3, -0.25) is 4.18 Å². The summed E-state index contributed by atoms with van der Waals surface area (Å²) in [6.45, 7) is 5.08. The van der Waals surface area contributed by atoms with Crippen LogP contribution < -0.4 is 0 Å². The van der Waals surface area contributed by atoms with Gasteiger partial charge in [-0.1, -0.05) is 31.5 Å². The number of thioether (sulfide) groups is 1. The number of hydrogen-bond acceptors (Lipinski definition) is 8. The highest BCUT2D eigenvalue weighted by atomic mass is 32.2. The molecule has 0 spiro atoms. The van der Waals surface area contributed by atoms with Gasteiger partial charge in [0.15, 0.2) is 0 Å². The molecule has 0 bridgehead atoms. The van der Waals surface area contributed by atoms with Crippen LogP contribution in [0.3, 0.4) is 0 Å². The minimum Gasteiger partial charge on any atom is -0.394 e. The number of aryl methyl sites for hydroxylation is 1. The van der Waals surface area contributed by atoms with Gasteiger partial charge in [0, 0.05) is 5.25 Å². The molecule has 0 aromatic heterocycles. The average molecular weight is 392 g/mol. The highest BCUT2D eigenvalue weighted by molar-refractivity contribution is 8.00. The third-order valence-electron chi connectivity index (χ3n) is 3.78. The van der Waals surface area contributed by atoms with Crippen LogP contribution >= 0.6 is 11.8 Å². The Morgan fingerprint density at radius 3 is 2.32 bits per heavy atom. The predicted octanol–water partition coefficient (Wildman–Crippen LogP) is 0.650. The van der Waals surface area contributed by atoms with E-state index >= 15 is 0 Å². The van der Waals surface area contributed by atoms with E-state index < -0.39 is 46.6 Å². The second-order valence-electron chi connectivity index (χ2n) is 6.22. The Morgan fingerprint density at radius 2 is 1.80 bits per heavy atom. The highest BCUT2D eigenvalue weighted by Crippen LogP contribution is 2.33. The number of benzene rings is 1. The fraction of sp³-hybridized carbons (Fsp3) is 0.625. The third kappa shape index (κ3) is 4.94. The first kappa shape index (κ1) is 20.6. The van der Waals surface area contributed by atoms with Gasteiger partial charge in [0.1, 0.15) is 29.9 Å². The monoisotopic (exact) mass is 392 g/mol. The molecule has 7 nitrogen and oxygen atoms in total. The molecule has 9 heteroatoms. The molecule has 1 aromatic rings. The van der Waals surface area contributed by atoms with E-state index in [1.165, 1.54) is 23.9 Å². The zero-order chi connectivity index (χ0) is 18.8. The van der Waals surface area contributed by atoms with Gasteiger partial charge in [-0.2, -0.15) is 8.42 Å². The molecular formula is C16H24O7S2. The van der Waals surface area contributed by atoms with Gasteiger partial charge in [-0.05, 0) is 19.1 Å². The molecule has 3 N–H and O–H groups in total. The molecule has 0 saturated carbocycles. The van der Waals surface area contributed by atoms with Crippen LogP contribution in [0.25, 0.3) is 0 Å². The summed E-state index contributed by atoms with van der Waals surface area (Å²) in [5.74, 6) is 0. The number of hydrogen-bond donors (Lipinski definition) is 3. The van der Waals surface area contributed by atoms with Crippen molar-refractivity contribution in [1.82, 2.24) is 0 Å². The van der Waals surface area contributed by atoms with Gasteiger partial charge >= 0.3 is 0 Å². The Kier molecular flexibility index (Phi) is 6.88. The average Bonchev–Trinajstić information content (AvgIpc) is 2.54. The number of aliphatic hydroxyl groups excluding tert-OH is 3. The molecule has 1 fully saturated rings. The first-order valence-electron chi connectivity index (χ1n) is 7.93. The van der Waals surface area contributed by atoms with Crippen LogP contribution in [0, 0.1) is 6.92 Å². The minimum atomic E-state index is -4.19. The molecule has 0 radical (unpaired) electrons. The lowest BCUT2D eigenvalue weighted by Crippen LogP contribution is -2.59. The first-order valence-corrected chi connectivity index (χ1v) is 10.3. The molecule has 1 aliphatic heterocycles. The van der Waals surface area contributed by atoms with Crippen molar-refractivity contribution >= 4 is 21.9 Å². The molecule has 0 amide bonds. The Hall–Kier alpha value is -0.680. The lowest BCUT2D eigenvalue weighted by molar-refractivity contribution is -0.197. The largest absolute Gasteiger partial charge is 0.394 e. The molecule has 0 unspecified atom stereocenters. The van der Waals surface area contributed by atoms with Crippen LogP contribution in [0.4, 0.5) is 0 Å². The van der Waals surface area contributed by atoms with Crippen molar-refractivity contribution in [2.75, 3.05) is 6.61 Å². The molecule has 1 saturated heterocycles. The van der Waals surface area contributed by atoms with Crippen LogP contribution in [0.2, 0.25) is 0 Å². The summed E-state index contributed by atoms with van der Waals surface area (Å²) in [5, 5.41) is 30.2. The van der Waals surface area contributed by atoms with E-state index in [0.717, 1.165) is 5.56 Å². The van der Waals surface area contributed by atoms with Gasteiger partial charge in [0.05, 0.1) is 11.5 Å². The van der Waals surface area contributed by atoms with E-state index in [2.05, 4.69) is 0 Å².